The van der Waals surface area contributed by atoms with Crippen molar-refractivity contribution in [3.63, 3.8) is 0 Å². The molecule has 1 aromatic rings. The summed E-state index contributed by atoms with van der Waals surface area (Å²) in [6.07, 6.45) is -18.8. The Morgan fingerprint density at radius 3 is 1.59 bits per heavy atom. The monoisotopic (exact) mass is 502 g/mol. The largest absolute Gasteiger partial charge is 0.476 e. The fourth-order valence-electron chi connectivity index (χ4n) is 1.64. The van der Waals surface area contributed by atoms with E-state index in [0.29, 0.717) is 0 Å². The summed E-state index contributed by atoms with van der Waals surface area (Å²) in [5.74, 6) is 0. The quantitative estimate of drug-likeness (QED) is 0.224. The molecule has 0 amide bonds. The number of halogens is 11. The molecular weight excluding hydrogens is 493 g/mol. The summed E-state index contributed by atoms with van der Waals surface area (Å²) in [6, 6.07) is 5.35. The van der Waals surface area contributed by atoms with Crippen LogP contribution in [0.4, 0.5) is 39.5 Å². The Hall–Kier alpha value is -0.720. The van der Waals surface area contributed by atoms with Crippen LogP contribution < -0.4 is 0 Å². The molecule has 0 N–H and O–H groups in total. The van der Waals surface area contributed by atoms with Gasteiger partial charge in [-0.15, -0.1) is 0 Å². The molecule has 4 nitrogen and oxygen atoms in total. The molecule has 0 heterocycles. The number of phosphoric ester groups is 1. The second-order valence-electron chi connectivity index (χ2n) is 5.24. The molecule has 0 aromatic heterocycles. The molecule has 0 aliphatic heterocycles. The lowest BCUT2D eigenvalue weighted by Crippen LogP contribution is -2.41. The SMILES string of the molecule is O=P(OCC(F)(F)F)(OCC(F)(F)F)OC(c1ccccc1)C(Cl)(Cl)C(F)(F)F. The molecule has 0 aliphatic rings. The smallest absolute Gasteiger partial charge is 0.277 e. The minimum atomic E-state index is -5.91. The highest BCUT2D eigenvalue weighted by atomic mass is 35.5. The molecule has 0 saturated heterocycles. The van der Waals surface area contributed by atoms with Crippen molar-refractivity contribution < 1.29 is 57.7 Å². The second-order valence-corrected chi connectivity index (χ2v) is 8.25. The van der Waals surface area contributed by atoms with E-state index in [1.165, 1.54) is 6.07 Å². The van der Waals surface area contributed by atoms with Crippen LogP contribution in [-0.2, 0) is 18.1 Å². The van der Waals surface area contributed by atoms with Crippen molar-refractivity contribution in [2.45, 2.75) is 29.0 Å². The summed E-state index contributed by atoms with van der Waals surface area (Å²) < 4.78 is 134. The third-order valence-corrected chi connectivity index (χ3v) is 5.00. The van der Waals surface area contributed by atoms with Crippen LogP contribution in [0.1, 0.15) is 11.7 Å². The first-order valence-corrected chi connectivity index (χ1v) is 9.28. The van der Waals surface area contributed by atoms with Crippen LogP contribution in [0.25, 0.3) is 0 Å². The van der Waals surface area contributed by atoms with Gasteiger partial charge in [0, 0.05) is 0 Å². The minimum Gasteiger partial charge on any atom is -0.277 e. The molecule has 16 heteroatoms. The third-order valence-electron chi connectivity index (χ3n) is 2.82. The summed E-state index contributed by atoms with van der Waals surface area (Å²) in [5, 5.41) is 0. The van der Waals surface area contributed by atoms with Crippen LogP contribution >= 0.6 is 31.0 Å². The van der Waals surface area contributed by atoms with Crippen molar-refractivity contribution in [1.29, 1.82) is 0 Å². The van der Waals surface area contributed by atoms with Crippen LogP contribution in [-0.4, -0.2) is 36.1 Å². The van der Waals surface area contributed by atoms with Crippen molar-refractivity contribution in [2.75, 3.05) is 13.2 Å². The Morgan fingerprint density at radius 2 is 1.24 bits per heavy atom. The van der Waals surface area contributed by atoms with Crippen molar-refractivity contribution in [2.24, 2.45) is 0 Å². The first-order chi connectivity index (χ1) is 12.9. The number of hydrogen-bond acceptors (Lipinski definition) is 4. The van der Waals surface area contributed by atoms with E-state index in [4.69, 9.17) is 23.2 Å². The average Bonchev–Trinajstić information content (AvgIpc) is 2.55. The molecule has 0 saturated carbocycles. The first-order valence-electron chi connectivity index (χ1n) is 7.07. The normalized spacial score (nSPS) is 15.4. The van der Waals surface area contributed by atoms with E-state index >= 15 is 0 Å². The molecule has 1 unspecified atom stereocenters. The van der Waals surface area contributed by atoms with Crippen LogP contribution in [0.2, 0.25) is 0 Å². The Kier molecular flexibility index (Phi) is 8.34. The first kappa shape index (κ1) is 26.3. The van der Waals surface area contributed by atoms with Crippen LogP contribution in [0, 0.1) is 0 Å². The summed E-state index contributed by atoms with van der Waals surface area (Å²) in [7, 11) is -5.91. The number of alkyl halides is 11. The average molecular weight is 503 g/mol. The van der Waals surface area contributed by atoms with E-state index in [1.807, 2.05) is 0 Å². The van der Waals surface area contributed by atoms with Gasteiger partial charge in [-0.3, -0.25) is 13.6 Å². The van der Waals surface area contributed by atoms with Crippen LogP contribution in [0.15, 0.2) is 30.3 Å². The van der Waals surface area contributed by atoms with Crippen molar-refractivity contribution in [3.05, 3.63) is 35.9 Å². The minimum absolute atomic E-state index is 0.582. The Morgan fingerprint density at radius 1 is 0.828 bits per heavy atom. The van der Waals surface area contributed by atoms with Gasteiger partial charge >= 0.3 is 26.4 Å². The van der Waals surface area contributed by atoms with E-state index < -0.39 is 55.6 Å². The van der Waals surface area contributed by atoms with Gasteiger partial charge in [-0.25, -0.2) is 4.57 Å². The number of rotatable bonds is 8. The second kappa shape index (κ2) is 9.19. The van der Waals surface area contributed by atoms with Crippen LogP contribution in [0.5, 0.6) is 0 Å². The zero-order chi connectivity index (χ0) is 22.7. The number of hydrogen-bond donors (Lipinski definition) is 0. The van der Waals surface area contributed by atoms with Gasteiger partial charge in [-0.05, 0) is 5.56 Å². The highest BCUT2D eigenvalue weighted by molar-refractivity contribution is 7.48. The highest BCUT2D eigenvalue weighted by Crippen LogP contribution is 2.60. The molecule has 1 rings (SSSR count). The zero-order valence-electron chi connectivity index (χ0n) is 13.6. The summed E-state index contributed by atoms with van der Waals surface area (Å²) >= 11 is 10.5. The predicted octanol–water partition coefficient (Wildman–Crippen LogP) is 6.75. The molecule has 0 aliphatic carbocycles. The van der Waals surface area contributed by atoms with E-state index in [-0.39, 0.29) is 0 Å². The predicted molar refractivity (Wildman–Crippen MR) is 82.4 cm³/mol. The molecule has 29 heavy (non-hydrogen) atoms. The molecular formula is C13H10Cl2F9O4P. The maximum absolute atomic E-state index is 13.2. The molecule has 1 aromatic carbocycles. The molecule has 0 radical (unpaired) electrons. The highest BCUT2D eigenvalue weighted by Gasteiger charge is 2.61. The van der Waals surface area contributed by atoms with E-state index in [2.05, 4.69) is 13.6 Å². The van der Waals surface area contributed by atoms with Gasteiger partial charge in [-0.2, -0.15) is 39.5 Å². The molecule has 0 fully saturated rings. The van der Waals surface area contributed by atoms with Gasteiger partial charge in [0.15, 0.2) is 13.2 Å². The van der Waals surface area contributed by atoms with Crippen LogP contribution in [0.3, 0.4) is 0 Å². The number of benzene rings is 1. The van der Waals surface area contributed by atoms with Crippen molar-refractivity contribution >= 4 is 31.0 Å². The van der Waals surface area contributed by atoms with Gasteiger partial charge in [-0.1, -0.05) is 53.5 Å². The lowest BCUT2D eigenvalue weighted by molar-refractivity contribution is -0.179. The molecule has 0 bridgehead atoms. The molecule has 168 valence electrons. The third kappa shape index (κ3) is 8.50. The van der Waals surface area contributed by atoms with E-state index in [9.17, 15) is 44.1 Å². The molecule has 0 spiro atoms. The lowest BCUT2D eigenvalue weighted by Gasteiger charge is -2.33. The van der Waals surface area contributed by atoms with E-state index in [1.54, 1.807) is 0 Å². The van der Waals surface area contributed by atoms with Gasteiger partial charge in [0.25, 0.3) is 0 Å². The topological polar surface area (TPSA) is 44.8 Å². The fraction of sp³-hybridized carbons (Fsp3) is 0.538. The van der Waals surface area contributed by atoms with Crippen molar-refractivity contribution in [3.8, 4) is 0 Å². The Bertz CT molecular complexity index is 685. The van der Waals surface area contributed by atoms with E-state index in [0.717, 1.165) is 24.3 Å². The fourth-order valence-corrected chi connectivity index (χ4v) is 3.45. The number of phosphoric acid groups is 1. The Balaban J connectivity index is 3.34. The van der Waals surface area contributed by atoms with Gasteiger partial charge in [0.05, 0.1) is 0 Å². The standard InChI is InChI=1S/C13H10Cl2F9O4P/c14-12(15,13(22,23)24)9(8-4-2-1-3-5-8)28-29(25,26-6-10(16,17)18)27-7-11(19,20)21/h1-5,9H,6-7H2. The zero-order valence-corrected chi connectivity index (χ0v) is 16.0. The van der Waals surface area contributed by atoms with Gasteiger partial charge in [0.2, 0.25) is 4.33 Å². The maximum atomic E-state index is 13.2. The summed E-state index contributed by atoms with van der Waals surface area (Å²) in [6.45, 7) is -4.90. The summed E-state index contributed by atoms with van der Waals surface area (Å²) in [5.41, 5.74) is -0.582. The molecule has 1 atom stereocenters. The Labute approximate surface area is 167 Å². The van der Waals surface area contributed by atoms with Gasteiger partial charge < -0.3 is 0 Å². The van der Waals surface area contributed by atoms with Gasteiger partial charge in [0.1, 0.15) is 6.10 Å². The lowest BCUT2D eigenvalue weighted by atomic mass is 10.1. The summed E-state index contributed by atoms with van der Waals surface area (Å²) in [4.78, 5) is 0. The van der Waals surface area contributed by atoms with Crippen molar-refractivity contribution in [1.82, 2.24) is 0 Å². The maximum Gasteiger partial charge on any atom is 0.476 e.